The highest BCUT2D eigenvalue weighted by molar-refractivity contribution is 9.10. The number of thioether (sulfide) groups is 1. The van der Waals surface area contributed by atoms with Crippen LogP contribution in [0.25, 0.3) is 22.8 Å². The van der Waals surface area contributed by atoms with Crippen LogP contribution >= 0.6 is 39.3 Å². The lowest BCUT2D eigenvalue weighted by atomic mass is 10.1. The van der Waals surface area contributed by atoms with Crippen molar-refractivity contribution in [1.82, 2.24) is 25.1 Å². The van der Waals surface area contributed by atoms with Crippen LogP contribution in [0.5, 0.6) is 0 Å². The highest BCUT2D eigenvalue weighted by Crippen LogP contribution is 2.26. The number of hydrogen-bond acceptors (Lipinski definition) is 6. The van der Waals surface area contributed by atoms with Crippen molar-refractivity contribution in [3.8, 4) is 22.8 Å². The number of H-pyrrole nitrogens is 1. The van der Waals surface area contributed by atoms with E-state index in [9.17, 15) is 9.18 Å². The van der Waals surface area contributed by atoms with Crippen LogP contribution in [0, 0.1) is 5.82 Å². The molecule has 8 nitrogen and oxygen atoms in total. The number of anilines is 1. The molecule has 4 rings (SSSR count). The van der Waals surface area contributed by atoms with Crippen molar-refractivity contribution in [2.24, 2.45) is 0 Å². The van der Waals surface area contributed by atoms with E-state index in [0.717, 1.165) is 17.3 Å². The quantitative estimate of drug-likeness (QED) is 0.256. The third kappa shape index (κ3) is 4.89. The molecule has 4 aromatic rings. The van der Waals surface area contributed by atoms with E-state index in [1.165, 1.54) is 16.8 Å². The van der Waals surface area contributed by atoms with Crippen LogP contribution in [0.4, 0.5) is 10.1 Å². The summed E-state index contributed by atoms with van der Waals surface area (Å²) in [6, 6.07) is 13.4. The van der Waals surface area contributed by atoms with Gasteiger partial charge in [0.15, 0.2) is 0 Å². The van der Waals surface area contributed by atoms with Gasteiger partial charge in [0.05, 0.1) is 17.1 Å². The third-order valence-electron chi connectivity index (χ3n) is 4.16. The molecular formula is C19H14BrClFN7OS. The molecule has 2 heterocycles. The maximum absolute atomic E-state index is 13.9. The summed E-state index contributed by atoms with van der Waals surface area (Å²) in [7, 11) is 0. The van der Waals surface area contributed by atoms with Crippen molar-refractivity contribution < 1.29 is 9.18 Å². The van der Waals surface area contributed by atoms with Crippen molar-refractivity contribution in [2.45, 2.75) is 5.16 Å². The van der Waals surface area contributed by atoms with E-state index >= 15 is 0 Å². The molecule has 12 heteroatoms. The summed E-state index contributed by atoms with van der Waals surface area (Å²) in [6.45, 7) is 0. The van der Waals surface area contributed by atoms with Crippen LogP contribution < -0.4 is 11.2 Å². The first-order valence-corrected chi connectivity index (χ1v) is 11.0. The van der Waals surface area contributed by atoms with Crippen molar-refractivity contribution in [1.29, 1.82) is 0 Å². The van der Waals surface area contributed by atoms with Crippen LogP contribution in [0.15, 0.2) is 58.2 Å². The van der Waals surface area contributed by atoms with E-state index in [0.29, 0.717) is 31.9 Å². The smallest absolute Gasteiger partial charge is 0.234 e. The standard InChI is InChI=1S/C19H14BrClFN7OS/c20-11-3-6-14(13(22)7-11)24-17(30)9-31-19-28-27-18(29(19)23)16-8-15(25-26-16)10-1-4-12(21)5-2-10/h1-8H,9,23H2,(H,24,30)(H,25,26). The van der Waals surface area contributed by atoms with Crippen LogP contribution in [0.1, 0.15) is 0 Å². The van der Waals surface area contributed by atoms with Gasteiger partial charge in [-0.1, -0.05) is 51.4 Å². The molecule has 0 saturated carbocycles. The predicted octanol–water partition coefficient (Wildman–Crippen LogP) is 4.33. The number of nitrogens with two attached hydrogens (primary N) is 1. The Balaban J connectivity index is 1.42. The highest BCUT2D eigenvalue weighted by atomic mass is 79.9. The molecule has 0 saturated heterocycles. The van der Waals surface area contributed by atoms with Gasteiger partial charge in [-0.15, -0.1) is 10.2 Å². The summed E-state index contributed by atoms with van der Waals surface area (Å²) < 4.78 is 15.7. The van der Waals surface area contributed by atoms with E-state index in [2.05, 4.69) is 41.6 Å². The Morgan fingerprint density at radius 2 is 2.00 bits per heavy atom. The Morgan fingerprint density at radius 3 is 2.74 bits per heavy atom. The van der Waals surface area contributed by atoms with E-state index in [1.807, 2.05) is 12.1 Å². The molecule has 0 spiro atoms. The lowest BCUT2D eigenvalue weighted by Crippen LogP contribution is -2.17. The van der Waals surface area contributed by atoms with E-state index < -0.39 is 11.7 Å². The molecule has 0 aliphatic carbocycles. The van der Waals surface area contributed by atoms with E-state index in [4.69, 9.17) is 17.4 Å². The first kappa shape index (κ1) is 21.3. The normalized spacial score (nSPS) is 10.9. The molecule has 0 fully saturated rings. The number of nitrogens with one attached hydrogen (secondary N) is 2. The zero-order chi connectivity index (χ0) is 22.0. The molecule has 0 bridgehead atoms. The Hall–Kier alpha value is -2.89. The molecule has 1 amide bonds. The Bertz CT molecular complexity index is 1240. The number of nitrogens with zero attached hydrogens (tertiary/aromatic N) is 4. The molecule has 4 N–H and O–H groups in total. The van der Waals surface area contributed by atoms with E-state index in [-0.39, 0.29) is 11.4 Å². The second-order valence-corrected chi connectivity index (χ2v) is 8.61. The third-order valence-corrected chi connectivity index (χ3v) is 5.85. The van der Waals surface area contributed by atoms with Crippen LogP contribution in [-0.2, 0) is 4.79 Å². The van der Waals surface area contributed by atoms with Gasteiger partial charge in [-0.3, -0.25) is 9.89 Å². The van der Waals surface area contributed by atoms with Gasteiger partial charge in [0, 0.05) is 15.1 Å². The van der Waals surface area contributed by atoms with Gasteiger partial charge in [0.25, 0.3) is 0 Å². The zero-order valence-electron chi connectivity index (χ0n) is 15.6. The van der Waals surface area contributed by atoms with Crippen molar-refractivity contribution in [2.75, 3.05) is 16.9 Å². The maximum Gasteiger partial charge on any atom is 0.234 e. The lowest BCUT2D eigenvalue weighted by molar-refractivity contribution is -0.113. The number of rotatable bonds is 6. The fourth-order valence-corrected chi connectivity index (χ4v) is 3.79. The van der Waals surface area contributed by atoms with E-state index in [1.54, 1.807) is 24.3 Å². The topological polar surface area (TPSA) is 115 Å². The first-order chi connectivity index (χ1) is 14.9. The van der Waals surface area contributed by atoms with Gasteiger partial charge in [-0.25, -0.2) is 9.07 Å². The average Bonchev–Trinajstić information content (AvgIpc) is 3.36. The summed E-state index contributed by atoms with van der Waals surface area (Å²) in [6.07, 6.45) is 0. The van der Waals surface area contributed by atoms with Gasteiger partial charge < -0.3 is 11.2 Å². The Kier molecular flexibility index (Phi) is 6.25. The summed E-state index contributed by atoms with van der Waals surface area (Å²) in [5.74, 6) is 5.49. The monoisotopic (exact) mass is 521 g/mol. The summed E-state index contributed by atoms with van der Waals surface area (Å²) in [5.41, 5.74) is 2.23. The summed E-state index contributed by atoms with van der Waals surface area (Å²) in [4.78, 5) is 12.2. The van der Waals surface area contributed by atoms with Crippen molar-refractivity contribution in [3.63, 3.8) is 0 Å². The second kappa shape index (κ2) is 9.08. The number of nitrogen functional groups attached to an aromatic ring is 1. The molecular weight excluding hydrogens is 509 g/mol. The maximum atomic E-state index is 13.9. The predicted molar refractivity (Wildman–Crippen MR) is 122 cm³/mol. The lowest BCUT2D eigenvalue weighted by Gasteiger charge is -2.06. The molecule has 0 aliphatic heterocycles. The van der Waals surface area contributed by atoms with Gasteiger partial charge in [-0.2, -0.15) is 5.10 Å². The molecule has 0 radical (unpaired) electrons. The average molecular weight is 523 g/mol. The summed E-state index contributed by atoms with van der Waals surface area (Å²) in [5, 5.41) is 18.7. The fraction of sp³-hybridized carbons (Fsp3) is 0.0526. The minimum Gasteiger partial charge on any atom is -0.335 e. The number of halogens is 3. The summed E-state index contributed by atoms with van der Waals surface area (Å²) >= 11 is 10.2. The number of benzene rings is 2. The van der Waals surface area contributed by atoms with Gasteiger partial charge in [-0.05, 0) is 36.4 Å². The number of carbonyl (C=O) groups excluding carboxylic acids is 1. The highest BCUT2D eigenvalue weighted by Gasteiger charge is 2.17. The number of amides is 1. The van der Waals surface area contributed by atoms with Gasteiger partial charge >= 0.3 is 0 Å². The van der Waals surface area contributed by atoms with Crippen LogP contribution in [0.2, 0.25) is 5.02 Å². The SMILES string of the molecule is Nn1c(SCC(=O)Nc2ccc(Br)cc2F)nnc1-c1cc(-c2ccc(Cl)cc2)n[nH]1. The largest absolute Gasteiger partial charge is 0.335 e. The Labute approximate surface area is 193 Å². The zero-order valence-corrected chi connectivity index (χ0v) is 18.8. The minimum atomic E-state index is -0.535. The fourth-order valence-electron chi connectivity index (χ4n) is 2.67. The molecule has 0 aliphatic rings. The molecule has 0 atom stereocenters. The van der Waals surface area contributed by atoms with Crippen LogP contribution in [0.3, 0.4) is 0 Å². The van der Waals surface area contributed by atoms with Crippen molar-refractivity contribution in [3.05, 3.63) is 63.8 Å². The van der Waals surface area contributed by atoms with Gasteiger partial charge in [0.1, 0.15) is 11.5 Å². The number of aromatic amines is 1. The van der Waals surface area contributed by atoms with Crippen molar-refractivity contribution >= 4 is 50.9 Å². The molecule has 158 valence electrons. The second-order valence-electron chi connectivity index (χ2n) is 6.31. The number of aromatic nitrogens is 5. The first-order valence-electron chi connectivity index (χ1n) is 8.80. The molecule has 2 aromatic carbocycles. The molecule has 31 heavy (non-hydrogen) atoms. The minimum absolute atomic E-state index is 0.0240. The number of hydrogen-bond donors (Lipinski definition) is 3. The Morgan fingerprint density at radius 1 is 1.23 bits per heavy atom. The molecule has 0 unspecified atom stereocenters. The van der Waals surface area contributed by atoms with Crippen LogP contribution in [-0.4, -0.2) is 36.7 Å². The van der Waals surface area contributed by atoms with Gasteiger partial charge in [0.2, 0.25) is 16.9 Å². The molecule has 2 aromatic heterocycles. The number of carbonyl (C=O) groups is 1.